The van der Waals surface area contributed by atoms with Crippen LogP contribution >= 0.6 is 34.4 Å². The average Bonchev–Trinajstić information content (AvgIpc) is 3.44. The van der Waals surface area contributed by atoms with Crippen LogP contribution in [0.2, 0.25) is 0 Å². The van der Waals surface area contributed by atoms with Gasteiger partial charge < -0.3 is 5.32 Å². The number of carbonyl (C=O) groups is 1. The van der Waals surface area contributed by atoms with Crippen molar-refractivity contribution in [2.45, 2.75) is 37.3 Å². The molecule has 0 spiro atoms. The quantitative estimate of drug-likeness (QED) is 0.286. The Balaban J connectivity index is 1.40. The summed E-state index contributed by atoms with van der Waals surface area (Å²) in [6, 6.07) is 16.2. The molecule has 0 fully saturated rings. The Morgan fingerprint density at radius 1 is 1.09 bits per heavy atom. The van der Waals surface area contributed by atoms with Gasteiger partial charge in [0.15, 0.2) is 9.47 Å². The lowest BCUT2D eigenvalue weighted by molar-refractivity contribution is -0.115. The third-order valence-electron chi connectivity index (χ3n) is 4.70. The maximum absolute atomic E-state index is 12.3. The van der Waals surface area contributed by atoms with Crippen molar-refractivity contribution in [2.75, 3.05) is 10.2 Å². The van der Waals surface area contributed by atoms with E-state index in [4.69, 9.17) is 4.98 Å². The van der Waals surface area contributed by atoms with E-state index < -0.39 is 0 Å². The second-order valence-electron chi connectivity index (χ2n) is 7.15. The number of carbonyl (C=O) groups excluding carboxylic acids is 1. The summed E-state index contributed by atoms with van der Waals surface area (Å²) < 4.78 is 0.868. The van der Waals surface area contributed by atoms with Crippen molar-refractivity contribution in [3.8, 4) is 0 Å². The van der Waals surface area contributed by atoms with Crippen LogP contribution in [0.1, 0.15) is 30.7 Å². The van der Waals surface area contributed by atoms with Crippen LogP contribution in [-0.2, 0) is 17.0 Å². The van der Waals surface area contributed by atoms with Crippen molar-refractivity contribution >= 4 is 62.0 Å². The molecule has 0 saturated carbocycles. The SMILES string of the molecule is CCc1ccc(N(C(C)=O)c2nc(CSc3nnc(Nc4ccc(C)cc4)s3)cs2)cc1. The van der Waals surface area contributed by atoms with Crippen LogP contribution < -0.4 is 10.2 Å². The van der Waals surface area contributed by atoms with Crippen LogP contribution in [0.25, 0.3) is 0 Å². The Morgan fingerprint density at radius 2 is 1.84 bits per heavy atom. The normalized spacial score (nSPS) is 10.8. The largest absolute Gasteiger partial charge is 0.330 e. The molecule has 2 aromatic heterocycles. The minimum Gasteiger partial charge on any atom is -0.330 e. The molecule has 4 rings (SSSR count). The van der Waals surface area contributed by atoms with Gasteiger partial charge in [0.2, 0.25) is 11.0 Å². The van der Waals surface area contributed by atoms with E-state index in [1.807, 2.05) is 41.8 Å². The van der Waals surface area contributed by atoms with Crippen LogP contribution in [0.15, 0.2) is 58.3 Å². The lowest BCUT2D eigenvalue weighted by atomic mass is 10.1. The molecule has 32 heavy (non-hydrogen) atoms. The zero-order chi connectivity index (χ0) is 22.5. The van der Waals surface area contributed by atoms with Crippen LogP contribution in [-0.4, -0.2) is 21.1 Å². The Bertz CT molecular complexity index is 1190. The molecule has 164 valence electrons. The van der Waals surface area contributed by atoms with E-state index in [0.717, 1.165) is 33.0 Å². The van der Waals surface area contributed by atoms with E-state index in [-0.39, 0.29) is 5.91 Å². The number of thioether (sulfide) groups is 1. The van der Waals surface area contributed by atoms with Gasteiger partial charge in [0.25, 0.3) is 0 Å². The molecule has 1 amide bonds. The molecule has 2 aromatic carbocycles. The molecule has 0 saturated heterocycles. The van der Waals surface area contributed by atoms with Gasteiger partial charge >= 0.3 is 0 Å². The number of aryl methyl sites for hydroxylation is 2. The van der Waals surface area contributed by atoms with E-state index in [2.05, 4.69) is 41.5 Å². The molecule has 0 aliphatic heterocycles. The zero-order valence-corrected chi connectivity index (χ0v) is 20.5. The molecular weight excluding hydrogens is 458 g/mol. The second-order valence-corrected chi connectivity index (χ2v) is 10.2. The van der Waals surface area contributed by atoms with Gasteiger partial charge in [-0.05, 0) is 43.2 Å². The number of thiazole rings is 1. The third-order valence-corrected chi connectivity index (χ3v) is 7.58. The van der Waals surface area contributed by atoms with Gasteiger partial charge in [-0.15, -0.1) is 21.5 Å². The number of hydrogen-bond acceptors (Lipinski definition) is 8. The molecule has 1 N–H and O–H groups in total. The number of nitrogens with one attached hydrogen (secondary N) is 1. The fourth-order valence-corrected chi connectivity index (χ4v) is 5.64. The van der Waals surface area contributed by atoms with Gasteiger partial charge in [0.1, 0.15) is 0 Å². The maximum atomic E-state index is 12.3. The van der Waals surface area contributed by atoms with E-state index >= 15 is 0 Å². The van der Waals surface area contributed by atoms with Crippen molar-refractivity contribution in [1.82, 2.24) is 15.2 Å². The predicted octanol–water partition coefficient (Wildman–Crippen LogP) is 6.59. The lowest BCUT2D eigenvalue weighted by Crippen LogP contribution is -2.22. The molecule has 0 bridgehead atoms. The topological polar surface area (TPSA) is 71.0 Å². The number of rotatable bonds is 8. The zero-order valence-electron chi connectivity index (χ0n) is 18.0. The van der Waals surface area contributed by atoms with Gasteiger partial charge in [-0.1, -0.05) is 59.9 Å². The van der Waals surface area contributed by atoms with Crippen molar-refractivity contribution in [2.24, 2.45) is 0 Å². The minimum atomic E-state index is -0.0567. The summed E-state index contributed by atoms with van der Waals surface area (Å²) in [4.78, 5) is 18.7. The highest BCUT2D eigenvalue weighted by Crippen LogP contribution is 2.33. The Kier molecular flexibility index (Phi) is 7.19. The Labute approximate surface area is 199 Å². The van der Waals surface area contributed by atoms with Gasteiger partial charge in [-0.2, -0.15) is 0 Å². The van der Waals surface area contributed by atoms with E-state index in [1.165, 1.54) is 33.8 Å². The molecule has 2 heterocycles. The number of aromatic nitrogens is 3. The summed E-state index contributed by atoms with van der Waals surface area (Å²) in [6.45, 7) is 5.74. The summed E-state index contributed by atoms with van der Waals surface area (Å²) in [6.07, 6.45) is 0.965. The van der Waals surface area contributed by atoms with Crippen LogP contribution in [0.4, 0.5) is 21.6 Å². The molecule has 0 aliphatic rings. The maximum Gasteiger partial charge on any atom is 0.230 e. The highest BCUT2D eigenvalue weighted by Gasteiger charge is 2.18. The first kappa shape index (κ1) is 22.4. The van der Waals surface area contributed by atoms with Crippen LogP contribution in [0, 0.1) is 6.92 Å². The fourth-order valence-electron chi connectivity index (χ4n) is 2.99. The molecule has 0 radical (unpaired) electrons. The molecule has 4 aromatic rings. The van der Waals surface area contributed by atoms with Crippen LogP contribution in [0.5, 0.6) is 0 Å². The van der Waals surface area contributed by atoms with Crippen molar-refractivity contribution in [1.29, 1.82) is 0 Å². The summed E-state index contributed by atoms with van der Waals surface area (Å²) in [5, 5.41) is 15.2. The van der Waals surface area contributed by atoms with Crippen molar-refractivity contribution in [3.05, 3.63) is 70.7 Å². The van der Waals surface area contributed by atoms with Gasteiger partial charge in [0.05, 0.1) is 11.4 Å². The average molecular weight is 482 g/mol. The number of nitrogens with zero attached hydrogens (tertiary/aromatic N) is 4. The Morgan fingerprint density at radius 3 is 2.53 bits per heavy atom. The van der Waals surface area contributed by atoms with Crippen molar-refractivity contribution in [3.63, 3.8) is 0 Å². The summed E-state index contributed by atoms with van der Waals surface area (Å²) >= 11 is 4.57. The first-order valence-corrected chi connectivity index (χ1v) is 12.8. The second kappa shape index (κ2) is 10.2. The lowest BCUT2D eigenvalue weighted by Gasteiger charge is -2.18. The number of amides is 1. The standard InChI is InChI=1S/C23H23N5OS3/c1-4-17-7-11-20(12-8-17)28(16(3)29)22-25-19(13-30-22)14-31-23-27-26-21(32-23)24-18-9-5-15(2)6-10-18/h5-13H,4,14H2,1-3H3,(H,24,26). The molecule has 9 heteroatoms. The molecule has 0 unspecified atom stereocenters. The van der Waals surface area contributed by atoms with Crippen LogP contribution in [0.3, 0.4) is 0 Å². The Hall–Kier alpha value is -2.75. The van der Waals surface area contributed by atoms with Gasteiger partial charge in [0, 0.05) is 23.7 Å². The van der Waals surface area contributed by atoms with E-state index in [0.29, 0.717) is 10.9 Å². The molecule has 0 atom stereocenters. The van der Waals surface area contributed by atoms with E-state index in [1.54, 1.807) is 23.6 Å². The summed E-state index contributed by atoms with van der Waals surface area (Å²) in [5.74, 6) is 0.606. The highest BCUT2D eigenvalue weighted by molar-refractivity contribution is 8.00. The predicted molar refractivity (Wildman–Crippen MR) is 135 cm³/mol. The molecule has 0 aliphatic carbocycles. The molecule has 6 nitrogen and oxygen atoms in total. The minimum absolute atomic E-state index is 0.0567. The third kappa shape index (κ3) is 5.53. The summed E-state index contributed by atoms with van der Waals surface area (Å²) in [5.41, 5.74) is 5.19. The monoisotopic (exact) mass is 481 g/mol. The fraction of sp³-hybridized carbons (Fsp3) is 0.217. The smallest absolute Gasteiger partial charge is 0.230 e. The van der Waals surface area contributed by atoms with E-state index in [9.17, 15) is 4.79 Å². The van der Waals surface area contributed by atoms with Gasteiger partial charge in [-0.3, -0.25) is 9.69 Å². The van der Waals surface area contributed by atoms with Crippen molar-refractivity contribution < 1.29 is 4.79 Å². The molecular formula is C23H23N5OS3. The first-order chi connectivity index (χ1) is 15.5. The number of benzene rings is 2. The summed E-state index contributed by atoms with van der Waals surface area (Å²) in [7, 11) is 0. The highest BCUT2D eigenvalue weighted by atomic mass is 32.2. The number of hydrogen-bond donors (Lipinski definition) is 1. The first-order valence-electron chi connectivity index (χ1n) is 10.2. The van der Waals surface area contributed by atoms with Gasteiger partial charge in [-0.25, -0.2) is 4.98 Å². The number of anilines is 4.